The highest BCUT2D eigenvalue weighted by Gasteiger charge is 2.28. The molecule has 2 aromatic rings. The summed E-state index contributed by atoms with van der Waals surface area (Å²) in [5.74, 6) is 2.11. The Kier molecular flexibility index (Phi) is 4.83. The number of piperidine rings is 1. The molecule has 24 heavy (non-hydrogen) atoms. The molecule has 3 rings (SSSR count). The van der Waals surface area contributed by atoms with E-state index in [9.17, 15) is 4.79 Å². The zero-order chi connectivity index (χ0) is 17.1. The summed E-state index contributed by atoms with van der Waals surface area (Å²) < 4.78 is 10.9. The SMILES string of the molecule is Cc1cc(C)cc(OCC(=O)N2CCC[C@H](c3nc(C)no3)C2)c1. The molecule has 0 saturated carbocycles. The van der Waals surface area contributed by atoms with Gasteiger partial charge in [0.15, 0.2) is 12.4 Å². The van der Waals surface area contributed by atoms with E-state index in [1.807, 2.05) is 30.9 Å². The lowest BCUT2D eigenvalue weighted by molar-refractivity contribution is -0.134. The topological polar surface area (TPSA) is 68.5 Å². The molecule has 0 N–H and O–H groups in total. The molecule has 1 aromatic carbocycles. The summed E-state index contributed by atoms with van der Waals surface area (Å²) in [4.78, 5) is 18.6. The first-order chi connectivity index (χ1) is 11.5. The molecule has 1 atom stereocenters. The van der Waals surface area contributed by atoms with Crippen LogP contribution in [-0.2, 0) is 4.79 Å². The largest absolute Gasteiger partial charge is 0.484 e. The van der Waals surface area contributed by atoms with Crippen molar-refractivity contribution in [2.75, 3.05) is 19.7 Å². The summed E-state index contributed by atoms with van der Waals surface area (Å²) >= 11 is 0. The maximum absolute atomic E-state index is 12.5. The van der Waals surface area contributed by atoms with E-state index in [4.69, 9.17) is 9.26 Å². The number of rotatable bonds is 4. The molecular formula is C18H23N3O3. The van der Waals surface area contributed by atoms with Crippen LogP contribution in [0.15, 0.2) is 22.7 Å². The van der Waals surface area contributed by atoms with Gasteiger partial charge in [0, 0.05) is 13.1 Å². The molecule has 1 aliphatic heterocycles. The second kappa shape index (κ2) is 7.03. The summed E-state index contributed by atoms with van der Waals surface area (Å²) in [5.41, 5.74) is 2.25. The monoisotopic (exact) mass is 329 g/mol. The van der Waals surface area contributed by atoms with Crippen LogP contribution in [-0.4, -0.2) is 40.6 Å². The zero-order valence-electron chi connectivity index (χ0n) is 14.4. The van der Waals surface area contributed by atoms with E-state index in [0.29, 0.717) is 18.3 Å². The lowest BCUT2D eigenvalue weighted by Crippen LogP contribution is -2.41. The first-order valence-corrected chi connectivity index (χ1v) is 8.30. The molecule has 2 heterocycles. The van der Waals surface area contributed by atoms with Crippen LogP contribution in [0.2, 0.25) is 0 Å². The van der Waals surface area contributed by atoms with Crippen molar-refractivity contribution in [2.24, 2.45) is 0 Å². The predicted molar refractivity (Wildman–Crippen MR) is 89.0 cm³/mol. The number of nitrogens with zero attached hydrogens (tertiary/aromatic N) is 3. The molecule has 6 heteroatoms. The van der Waals surface area contributed by atoms with Crippen molar-refractivity contribution in [2.45, 2.75) is 39.5 Å². The summed E-state index contributed by atoms with van der Waals surface area (Å²) in [7, 11) is 0. The third kappa shape index (κ3) is 3.93. The first kappa shape index (κ1) is 16.5. The predicted octanol–water partition coefficient (Wildman–Crippen LogP) is 2.78. The van der Waals surface area contributed by atoms with Crippen LogP contribution < -0.4 is 4.74 Å². The van der Waals surface area contributed by atoms with Crippen molar-refractivity contribution in [1.82, 2.24) is 15.0 Å². The lowest BCUT2D eigenvalue weighted by atomic mass is 9.98. The molecule has 0 spiro atoms. The Morgan fingerprint density at radius 2 is 2.04 bits per heavy atom. The van der Waals surface area contributed by atoms with Gasteiger partial charge in [-0.15, -0.1) is 0 Å². The average molecular weight is 329 g/mol. The van der Waals surface area contributed by atoms with E-state index in [1.165, 1.54) is 0 Å². The molecule has 1 aliphatic rings. The Bertz CT molecular complexity index is 706. The van der Waals surface area contributed by atoms with Gasteiger partial charge in [-0.25, -0.2) is 0 Å². The maximum atomic E-state index is 12.5. The number of amides is 1. The fraction of sp³-hybridized carbons (Fsp3) is 0.500. The summed E-state index contributed by atoms with van der Waals surface area (Å²) in [6.45, 7) is 7.25. The minimum atomic E-state index is -0.00454. The van der Waals surface area contributed by atoms with Crippen molar-refractivity contribution in [1.29, 1.82) is 0 Å². The van der Waals surface area contributed by atoms with Crippen LogP contribution in [0.1, 0.15) is 41.6 Å². The van der Waals surface area contributed by atoms with Crippen LogP contribution in [0, 0.1) is 20.8 Å². The molecule has 128 valence electrons. The van der Waals surface area contributed by atoms with Gasteiger partial charge in [0.05, 0.1) is 5.92 Å². The van der Waals surface area contributed by atoms with Gasteiger partial charge in [-0.1, -0.05) is 11.2 Å². The van der Waals surface area contributed by atoms with Gasteiger partial charge < -0.3 is 14.2 Å². The fourth-order valence-corrected chi connectivity index (χ4v) is 3.14. The first-order valence-electron chi connectivity index (χ1n) is 8.30. The molecule has 6 nitrogen and oxygen atoms in total. The number of carbonyl (C=O) groups excluding carboxylic acids is 1. The molecule has 1 amide bonds. The van der Waals surface area contributed by atoms with Gasteiger partial charge in [-0.3, -0.25) is 4.79 Å². The Morgan fingerprint density at radius 1 is 1.29 bits per heavy atom. The molecule has 0 unspecified atom stereocenters. The minimum absolute atomic E-state index is 0.00454. The Balaban J connectivity index is 1.58. The third-order valence-electron chi connectivity index (χ3n) is 4.22. The molecule has 0 bridgehead atoms. The number of ether oxygens (including phenoxy) is 1. The van der Waals surface area contributed by atoms with Crippen molar-refractivity contribution >= 4 is 5.91 Å². The van der Waals surface area contributed by atoms with Crippen molar-refractivity contribution < 1.29 is 14.1 Å². The fourth-order valence-electron chi connectivity index (χ4n) is 3.14. The highest BCUT2D eigenvalue weighted by atomic mass is 16.5. The van der Waals surface area contributed by atoms with Gasteiger partial charge in [0.1, 0.15) is 5.75 Å². The number of hydrogen-bond donors (Lipinski definition) is 0. The molecule has 1 aromatic heterocycles. The maximum Gasteiger partial charge on any atom is 0.260 e. The van der Waals surface area contributed by atoms with E-state index in [0.717, 1.165) is 36.3 Å². The van der Waals surface area contributed by atoms with Crippen LogP contribution in [0.3, 0.4) is 0 Å². The summed E-state index contributed by atoms with van der Waals surface area (Å²) in [6.07, 6.45) is 1.89. The Labute approximate surface area is 141 Å². The van der Waals surface area contributed by atoms with E-state index in [1.54, 1.807) is 6.92 Å². The van der Waals surface area contributed by atoms with Crippen molar-refractivity contribution in [3.63, 3.8) is 0 Å². The van der Waals surface area contributed by atoms with Gasteiger partial charge >= 0.3 is 0 Å². The zero-order valence-corrected chi connectivity index (χ0v) is 14.4. The van der Waals surface area contributed by atoms with Gasteiger partial charge in [0.25, 0.3) is 5.91 Å². The van der Waals surface area contributed by atoms with Crippen LogP contribution in [0.5, 0.6) is 5.75 Å². The van der Waals surface area contributed by atoms with Crippen LogP contribution >= 0.6 is 0 Å². The van der Waals surface area contributed by atoms with Gasteiger partial charge in [-0.2, -0.15) is 4.98 Å². The van der Waals surface area contributed by atoms with Crippen LogP contribution in [0.25, 0.3) is 0 Å². The van der Waals surface area contributed by atoms with Gasteiger partial charge in [0.2, 0.25) is 5.89 Å². The second-order valence-corrected chi connectivity index (χ2v) is 6.47. The second-order valence-electron chi connectivity index (χ2n) is 6.47. The normalized spacial score (nSPS) is 17.8. The number of carbonyl (C=O) groups is 1. The number of aromatic nitrogens is 2. The van der Waals surface area contributed by atoms with E-state index in [2.05, 4.69) is 16.2 Å². The summed E-state index contributed by atoms with van der Waals surface area (Å²) in [6, 6.07) is 5.97. The van der Waals surface area contributed by atoms with Crippen molar-refractivity contribution in [3.05, 3.63) is 41.0 Å². The molecule has 1 saturated heterocycles. The molecule has 0 aliphatic carbocycles. The minimum Gasteiger partial charge on any atom is -0.484 e. The standard InChI is InChI=1S/C18H23N3O3/c1-12-7-13(2)9-16(8-12)23-11-17(22)21-6-4-5-15(10-21)18-19-14(3)20-24-18/h7-9,15H,4-6,10-11H2,1-3H3/t15-/m0/s1. The number of aryl methyl sites for hydroxylation is 3. The highest BCUT2D eigenvalue weighted by Crippen LogP contribution is 2.26. The van der Waals surface area contributed by atoms with Crippen molar-refractivity contribution in [3.8, 4) is 5.75 Å². The number of benzene rings is 1. The third-order valence-corrected chi connectivity index (χ3v) is 4.22. The lowest BCUT2D eigenvalue weighted by Gasteiger charge is -2.31. The Hall–Kier alpha value is -2.37. The van der Waals surface area contributed by atoms with Crippen LogP contribution in [0.4, 0.5) is 0 Å². The quantitative estimate of drug-likeness (QED) is 0.863. The van der Waals surface area contributed by atoms with Gasteiger partial charge in [-0.05, 0) is 56.9 Å². The van der Waals surface area contributed by atoms with E-state index < -0.39 is 0 Å². The number of likely N-dealkylation sites (tertiary alicyclic amines) is 1. The molecule has 0 radical (unpaired) electrons. The molecular weight excluding hydrogens is 306 g/mol. The summed E-state index contributed by atoms with van der Waals surface area (Å²) in [5, 5.41) is 3.84. The smallest absolute Gasteiger partial charge is 0.260 e. The Morgan fingerprint density at radius 3 is 2.71 bits per heavy atom. The number of hydrogen-bond acceptors (Lipinski definition) is 5. The van der Waals surface area contributed by atoms with E-state index in [-0.39, 0.29) is 18.4 Å². The highest BCUT2D eigenvalue weighted by molar-refractivity contribution is 5.78. The molecule has 1 fully saturated rings. The average Bonchev–Trinajstić information content (AvgIpc) is 2.98. The van der Waals surface area contributed by atoms with E-state index >= 15 is 0 Å².